The number of carboxylic acids is 1. The van der Waals surface area contributed by atoms with E-state index in [0.29, 0.717) is 17.7 Å². The van der Waals surface area contributed by atoms with Gasteiger partial charge < -0.3 is 29.4 Å². The Morgan fingerprint density at radius 3 is 2.73 bits per heavy atom. The Balaban J connectivity index is 1.39. The van der Waals surface area contributed by atoms with E-state index in [-0.39, 0.29) is 12.4 Å². The summed E-state index contributed by atoms with van der Waals surface area (Å²) in [5.74, 6) is -0.833. The lowest BCUT2D eigenvalue weighted by atomic mass is 10.1. The minimum absolute atomic E-state index is 0.00590. The summed E-state index contributed by atoms with van der Waals surface area (Å²) in [7, 11) is 0. The second-order valence-corrected chi connectivity index (χ2v) is 8.34. The summed E-state index contributed by atoms with van der Waals surface area (Å²) in [6.45, 7) is 1.79. The lowest BCUT2D eigenvalue weighted by Crippen LogP contribution is -2.32. The third-order valence-corrected chi connectivity index (χ3v) is 5.82. The van der Waals surface area contributed by atoms with Crippen LogP contribution in [-0.2, 0) is 23.7 Å². The first kappa shape index (κ1) is 24.8. The summed E-state index contributed by atoms with van der Waals surface area (Å²) in [5.41, 5.74) is 1.79. The molecule has 0 saturated carbocycles. The highest BCUT2D eigenvalue weighted by Crippen LogP contribution is 2.41. The minimum atomic E-state index is -1.08. The second-order valence-electron chi connectivity index (χ2n) is 8.34. The first-order valence-electron chi connectivity index (χ1n) is 11.7. The summed E-state index contributed by atoms with van der Waals surface area (Å²) in [4.78, 5) is 35.8. The fourth-order valence-electron chi connectivity index (χ4n) is 4.27. The standard InChI is InChI=1S/C24H26N6O7/c1-2-25-24(33)29-21-18-22(27-12-26-21)30(13-28-18)23-20-19(15(35-23)10-34-11-16(31)32)36-17(37-20)9-8-14-6-4-3-5-7-14/h3-9,12-13,15,17,19-20,23H,2,10-11H2,1H3,(H,31,32)(H2,25,26,27,29,33)/b9-8+/t15-,17+,19-,20-,23-/m1/s1. The van der Waals surface area contributed by atoms with Crippen LogP contribution < -0.4 is 10.6 Å². The van der Waals surface area contributed by atoms with Gasteiger partial charge in [-0.2, -0.15) is 0 Å². The number of nitrogens with zero attached hydrogens (tertiary/aromatic N) is 4. The monoisotopic (exact) mass is 510 g/mol. The second kappa shape index (κ2) is 11.0. The molecule has 4 heterocycles. The molecule has 2 amide bonds. The zero-order valence-corrected chi connectivity index (χ0v) is 19.9. The molecule has 0 spiro atoms. The topological polar surface area (TPSA) is 159 Å². The molecule has 13 heteroatoms. The number of urea groups is 1. The molecule has 2 aliphatic rings. The molecule has 3 N–H and O–H groups in total. The molecular weight excluding hydrogens is 484 g/mol. The lowest BCUT2D eigenvalue weighted by Gasteiger charge is -2.20. The van der Waals surface area contributed by atoms with E-state index in [4.69, 9.17) is 24.1 Å². The molecule has 2 aromatic heterocycles. The van der Waals surface area contributed by atoms with Crippen LogP contribution in [0.5, 0.6) is 0 Å². The average Bonchev–Trinajstić information content (AvgIpc) is 3.58. The van der Waals surface area contributed by atoms with Crippen LogP contribution >= 0.6 is 0 Å². The van der Waals surface area contributed by atoms with E-state index in [1.807, 2.05) is 42.5 Å². The molecular formula is C24H26N6O7. The minimum Gasteiger partial charge on any atom is -0.480 e. The zero-order chi connectivity index (χ0) is 25.8. The number of ether oxygens (including phenoxy) is 4. The first-order chi connectivity index (χ1) is 18.0. The van der Waals surface area contributed by atoms with Gasteiger partial charge in [0.05, 0.1) is 12.9 Å². The predicted molar refractivity (Wildman–Crippen MR) is 129 cm³/mol. The van der Waals surface area contributed by atoms with Gasteiger partial charge in [-0.3, -0.25) is 9.88 Å². The number of hydrogen-bond donors (Lipinski definition) is 3. The van der Waals surface area contributed by atoms with E-state index in [1.54, 1.807) is 11.5 Å². The van der Waals surface area contributed by atoms with Crippen LogP contribution in [-0.4, -0.2) is 81.0 Å². The molecule has 13 nitrogen and oxygen atoms in total. The highest BCUT2D eigenvalue weighted by atomic mass is 16.8. The normalized spacial score (nSPS) is 24.9. The Bertz CT molecular complexity index is 1280. The van der Waals surface area contributed by atoms with E-state index in [9.17, 15) is 9.59 Å². The van der Waals surface area contributed by atoms with E-state index in [1.165, 1.54) is 12.7 Å². The zero-order valence-electron chi connectivity index (χ0n) is 19.9. The fraction of sp³-hybridized carbons (Fsp3) is 0.375. The Hall–Kier alpha value is -3.91. The number of benzene rings is 1. The number of nitrogens with one attached hydrogen (secondary N) is 2. The van der Waals surface area contributed by atoms with Crippen LogP contribution in [0.3, 0.4) is 0 Å². The largest absolute Gasteiger partial charge is 0.480 e. The molecule has 194 valence electrons. The van der Waals surface area contributed by atoms with Gasteiger partial charge >= 0.3 is 12.0 Å². The van der Waals surface area contributed by atoms with Gasteiger partial charge in [-0.05, 0) is 18.6 Å². The van der Waals surface area contributed by atoms with E-state index >= 15 is 0 Å². The van der Waals surface area contributed by atoms with Crippen LogP contribution in [0.4, 0.5) is 10.6 Å². The Morgan fingerprint density at radius 2 is 1.95 bits per heavy atom. The molecule has 5 rings (SSSR count). The highest BCUT2D eigenvalue weighted by molar-refractivity contribution is 5.95. The maximum Gasteiger partial charge on any atom is 0.329 e. The van der Waals surface area contributed by atoms with Gasteiger partial charge in [-0.1, -0.05) is 36.4 Å². The van der Waals surface area contributed by atoms with Gasteiger partial charge in [0.25, 0.3) is 0 Å². The molecule has 0 radical (unpaired) electrons. The Kier molecular flexibility index (Phi) is 7.37. The van der Waals surface area contributed by atoms with Crippen LogP contribution in [0.15, 0.2) is 49.1 Å². The molecule has 3 aromatic rings. The third kappa shape index (κ3) is 5.44. The average molecular weight is 511 g/mol. The Labute approximate surface area is 211 Å². The maximum absolute atomic E-state index is 12.0. The van der Waals surface area contributed by atoms with Crippen molar-refractivity contribution in [3.05, 3.63) is 54.6 Å². The van der Waals surface area contributed by atoms with Crippen molar-refractivity contribution in [3.63, 3.8) is 0 Å². The van der Waals surface area contributed by atoms with Crippen molar-refractivity contribution < 1.29 is 33.6 Å². The van der Waals surface area contributed by atoms with E-state index in [0.717, 1.165) is 5.56 Å². The molecule has 2 saturated heterocycles. The number of carbonyl (C=O) groups is 2. The van der Waals surface area contributed by atoms with Gasteiger partial charge in [0.1, 0.15) is 31.2 Å². The van der Waals surface area contributed by atoms with Crippen molar-refractivity contribution in [3.8, 4) is 0 Å². The summed E-state index contributed by atoms with van der Waals surface area (Å²) < 4.78 is 25.5. The van der Waals surface area contributed by atoms with Gasteiger partial charge in [-0.25, -0.2) is 24.5 Å². The molecule has 0 unspecified atom stereocenters. The highest BCUT2D eigenvalue weighted by Gasteiger charge is 2.53. The molecule has 2 fully saturated rings. The molecule has 1 aromatic carbocycles. The lowest BCUT2D eigenvalue weighted by molar-refractivity contribution is -0.151. The van der Waals surface area contributed by atoms with Crippen LogP contribution in [0.1, 0.15) is 18.7 Å². The smallest absolute Gasteiger partial charge is 0.329 e. The van der Waals surface area contributed by atoms with E-state index < -0.39 is 49.4 Å². The first-order valence-corrected chi connectivity index (χ1v) is 11.7. The van der Waals surface area contributed by atoms with E-state index in [2.05, 4.69) is 25.6 Å². The summed E-state index contributed by atoms with van der Waals surface area (Å²) >= 11 is 0. The third-order valence-electron chi connectivity index (χ3n) is 5.82. The van der Waals surface area contributed by atoms with Crippen molar-refractivity contribution in [2.75, 3.05) is 25.1 Å². The number of aliphatic carboxylic acids is 1. The summed E-state index contributed by atoms with van der Waals surface area (Å²) in [5, 5.41) is 14.3. The number of aromatic nitrogens is 4. The molecule has 2 aliphatic heterocycles. The van der Waals surface area contributed by atoms with Crippen molar-refractivity contribution in [2.24, 2.45) is 0 Å². The quantitative estimate of drug-likeness (QED) is 0.387. The Morgan fingerprint density at radius 1 is 1.14 bits per heavy atom. The van der Waals surface area contributed by atoms with Crippen molar-refractivity contribution in [2.45, 2.75) is 37.8 Å². The van der Waals surface area contributed by atoms with Crippen molar-refractivity contribution in [1.29, 1.82) is 0 Å². The van der Waals surface area contributed by atoms with Gasteiger partial charge in [0.15, 0.2) is 29.5 Å². The van der Waals surface area contributed by atoms with Gasteiger partial charge in [0.2, 0.25) is 0 Å². The van der Waals surface area contributed by atoms with Crippen LogP contribution in [0.2, 0.25) is 0 Å². The summed E-state index contributed by atoms with van der Waals surface area (Å²) in [6, 6.07) is 9.32. The number of amides is 2. The van der Waals surface area contributed by atoms with Crippen molar-refractivity contribution >= 4 is 35.1 Å². The summed E-state index contributed by atoms with van der Waals surface area (Å²) in [6.07, 6.45) is 3.52. The van der Waals surface area contributed by atoms with Gasteiger partial charge in [-0.15, -0.1) is 0 Å². The van der Waals surface area contributed by atoms with Gasteiger partial charge in [0, 0.05) is 6.54 Å². The number of carboxylic acid groups (broad SMARTS) is 1. The number of hydrogen-bond acceptors (Lipinski definition) is 9. The molecule has 0 bridgehead atoms. The predicted octanol–water partition coefficient (Wildman–Crippen LogP) is 1.79. The SMILES string of the molecule is CCNC(=O)Nc1ncnc2c1ncn2[C@@H]1O[C@H](COCC(=O)O)[C@H]2O[C@H](/C=C/c3ccccc3)O[C@H]21. The molecule has 5 atom stereocenters. The number of carbonyl (C=O) groups excluding carboxylic acids is 1. The maximum atomic E-state index is 12.0. The number of anilines is 1. The molecule has 37 heavy (non-hydrogen) atoms. The van der Waals surface area contributed by atoms with Crippen LogP contribution in [0.25, 0.3) is 17.2 Å². The van der Waals surface area contributed by atoms with Crippen molar-refractivity contribution in [1.82, 2.24) is 24.8 Å². The number of imidazole rings is 1. The molecule has 0 aliphatic carbocycles. The number of rotatable bonds is 9. The fourth-order valence-corrected chi connectivity index (χ4v) is 4.27. The van der Waals surface area contributed by atoms with Crippen LogP contribution in [0, 0.1) is 0 Å². The number of fused-ring (bicyclic) bond motifs is 2.